The van der Waals surface area contributed by atoms with Gasteiger partial charge in [0.25, 0.3) is 5.91 Å². The van der Waals surface area contributed by atoms with Crippen LogP contribution in [0.2, 0.25) is 0 Å². The van der Waals surface area contributed by atoms with Crippen molar-refractivity contribution in [1.29, 1.82) is 0 Å². The van der Waals surface area contributed by atoms with Crippen molar-refractivity contribution in [2.75, 3.05) is 26.8 Å². The molecule has 0 bridgehead atoms. The number of imidazole rings is 1. The highest BCUT2D eigenvalue weighted by Gasteiger charge is 2.36. The lowest BCUT2D eigenvalue weighted by molar-refractivity contribution is -0.143. The molecule has 118 valence electrons. The molecule has 0 unspecified atom stereocenters. The summed E-state index contributed by atoms with van der Waals surface area (Å²) in [6.07, 6.45) is 6.70. The maximum absolute atomic E-state index is 12.9. The van der Waals surface area contributed by atoms with Gasteiger partial charge in [-0.1, -0.05) is 0 Å². The topological polar surface area (TPSA) is 69.0 Å². The summed E-state index contributed by atoms with van der Waals surface area (Å²) in [5, 5.41) is 0. The molecular formula is C15H20N4O3. The number of hydrogen-bond donors (Lipinski definition) is 0. The van der Waals surface area contributed by atoms with Gasteiger partial charge in [0, 0.05) is 45.0 Å². The Morgan fingerprint density at radius 3 is 2.86 bits per heavy atom. The van der Waals surface area contributed by atoms with Gasteiger partial charge in [-0.2, -0.15) is 0 Å². The number of ether oxygens (including phenoxy) is 2. The van der Waals surface area contributed by atoms with E-state index in [4.69, 9.17) is 9.47 Å². The predicted octanol–water partition coefficient (Wildman–Crippen LogP) is 0.995. The minimum absolute atomic E-state index is 0.130. The molecule has 1 aliphatic heterocycles. The predicted molar refractivity (Wildman–Crippen MR) is 79.7 cm³/mol. The second-order valence-electron chi connectivity index (χ2n) is 6.07. The van der Waals surface area contributed by atoms with Crippen molar-refractivity contribution in [2.45, 2.75) is 25.6 Å². The molecule has 7 nitrogen and oxygen atoms in total. The van der Waals surface area contributed by atoms with Crippen molar-refractivity contribution in [3.63, 3.8) is 0 Å². The molecule has 2 aromatic rings. The van der Waals surface area contributed by atoms with Gasteiger partial charge < -0.3 is 18.8 Å². The minimum atomic E-state index is -0.419. The molecule has 1 aliphatic rings. The highest BCUT2D eigenvalue weighted by Crippen LogP contribution is 2.23. The molecule has 22 heavy (non-hydrogen) atoms. The van der Waals surface area contributed by atoms with Crippen LogP contribution in [0.15, 0.2) is 24.8 Å². The van der Waals surface area contributed by atoms with E-state index in [0.717, 1.165) is 0 Å². The number of rotatable bonds is 3. The van der Waals surface area contributed by atoms with E-state index in [2.05, 4.69) is 9.97 Å². The van der Waals surface area contributed by atoms with Crippen molar-refractivity contribution < 1.29 is 14.3 Å². The monoisotopic (exact) mass is 304 g/mol. The second kappa shape index (κ2) is 5.66. The third kappa shape index (κ3) is 2.82. The summed E-state index contributed by atoms with van der Waals surface area (Å²) in [6.45, 7) is 5.39. The van der Waals surface area contributed by atoms with Crippen LogP contribution < -0.4 is 0 Å². The van der Waals surface area contributed by atoms with Gasteiger partial charge in [0.1, 0.15) is 0 Å². The molecule has 1 amide bonds. The molecule has 0 radical (unpaired) electrons. The zero-order valence-corrected chi connectivity index (χ0v) is 13.0. The molecule has 0 spiro atoms. The molecule has 3 heterocycles. The van der Waals surface area contributed by atoms with E-state index in [1.54, 1.807) is 41.2 Å². The van der Waals surface area contributed by atoms with Crippen LogP contribution >= 0.6 is 0 Å². The summed E-state index contributed by atoms with van der Waals surface area (Å²) in [7, 11) is 1.63. The molecule has 0 saturated carbocycles. The standard InChI is InChI=1S/C15H20N4O3/c1-15(2)10-19(8-11(22-15)9-21-3)14(20)12-13-17-5-7-18(13)6-4-16-12/h4-7,11H,8-10H2,1-3H3/t11-/m1/s1. The van der Waals surface area contributed by atoms with Crippen LogP contribution in [0.3, 0.4) is 0 Å². The Morgan fingerprint density at radius 2 is 2.14 bits per heavy atom. The van der Waals surface area contributed by atoms with Crippen LogP contribution in [-0.2, 0) is 9.47 Å². The van der Waals surface area contributed by atoms with Gasteiger partial charge in [-0.3, -0.25) is 4.79 Å². The third-order valence-corrected chi connectivity index (χ3v) is 3.64. The van der Waals surface area contributed by atoms with E-state index in [1.807, 2.05) is 13.8 Å². The number of aromatic nitrogens is 3. The molecule has 7 heteroatoms. The van der Waals surface area contributed by atoms with E-state index in [0.29, 0.717) is 31.0 Å². The SMILES string of the molecule is COC[C@H]1CN(C(=O)c2nccn3ccnc23)CC(C)(C)O1. The van der Waals surface area contributed by atoms with Gasteiger partial charge in [-0.15, -0.1) is 0 Å². The van der Waals surface area contributed by atoms with Gasteiger partial charge in [-0.05, 0) is 13.8 Å². The fourth-order valence-corrected chi connectivity index (χ4v) is 2.88. The van der Waals surface area contributed by atoms with Crippen molar-refractivity contribution in [1.82, 2.24) is 19.3 Å². The third-order valence-electron chi connectivity index (χ3n) is 3.64. The summed E-state index contributed by atoms with van der Waals surface area (Å²) >= 11 is 0. The summed E-state index contributed by atoms with van der Waals surface area (Å²) in [4.78, 5) is 23.1. The van der Waals surface area contributed by atoms with E-state index in [9.17, 15) is 4.79 Å². The van der Waals surface area contributed by atoms with Gasteiger partial charge in [0.15, 0.2) is 11.3 Å². The molecule has 0 N–H and O–H groups in total. The summed E-state index contributed by atoms with van der Waals surface area (Å²) in [5.74, 6) is -0.130. The maximum Gasteiger partial charge on any atom is 0.276 e. The maximum atomic E-state index is 12.9. The van der Waals surface area contributed by atoms with Crippen LogP contribution in [0, 0.1) is 0 Å². The number of morpholine rings is 1. The van der Waals surface area contributed by atoms with E-state index in [-0.39, 0.29) is 12.0 Å². The number of hydrogen-bond acceptors (Lipinski definition) is 5. The minimum Gasteiger partial charge on any atom is -0.382 e. The van der Waals surface area contributed by atoms with Gasteiger partial charge in [0.05, 0.1) is 18.3 Å². The zero-order chi connectivity index (χ0) is 15.7. The normalized spacial score (nSPS) is 21.2. The molecule has 0 aromatic carbocycles. The van der Waals surface area contributed by atoms with Crippen LogP contribution in [-0.4, -0.2) is 63.7 Å². The highest BCUT2D eigenvalue weighted by molar-refractivity contribution is 5.97. The van der Waals surface area contributed by atoms with E-state index in [1.165, 1.54) is 0 Å². The van der Waals surface area contributed by atoms with Crippen molar-refractivity contribution in [3.8, 4) is 0 Å². The zero-order valence-electron chi connectivity index (χ0n) is 13.0. The molecule has 3 rings (SSSR count). The number of fused-ring (bicyclic) bond motifs is 1. The van der Waals surface area contributed by atoms with E-state index < -0.39 is 5.60 Å². The molecule has 1 atom stereocenters. The van der Waals surface area contributed by atoms with Crippen LogP contribution in [0.1, 0.15) is 24.3 Å². The van der Waals surface area contributed by atoms with Gasteiger partial charge in [0.2, 0.25) is 0 Å². The van der Waals surface area contributed by atoms with Crippen LogP contribution in [0.25, 0.3) is 5.65 Å². The Hall–Kier alpha value is -1.99. The molecule has 1 fully saturated rings. The van der Waals surface area contributed by atoms with Gasteiger partial charge in [-0.25, -0.2) is 9.97 Å². The summed E-state index contributed by atoms with van der Waals surface area (Å²) < 4.78 is 12.9. The molecule has 0 aliphatic carbocycles. The number of methoxy groups -OCH3 is 1. The Morgan fingerprint density at radius 1 is 1.41 bits per heavy atom. The average molecular weight is 304 g/mol. The first-order valence-corrected chi connectivity index (χ1v) is 7.24. The number of carbonyl (C=O) groups is 1. The van der Waals surface area contributed by atoms with Crippen LogP contribution in [0.4, 0.5) is 0 Å². The number of carbonyl (C=O) groups excluding carboxylic acids is 1. The lowest BCUT2D eigenvalue weighted by atomic mass is 10.0. The quantitative estimate of drug-likeness (QED) is 0.846. The first-order chi connectivity index (χ1) is 10.5. The van der Waals surface area contributed by atoms with E-state index >= 15 is 0 Å². The lowest BCUT2D eigenvalue weighted by Gasteiger charge is -2.42. The van der Waals surface area contributed by atoms with Crippen molar-refractivity contribution in [3.05, 3.63) is 30.5 Å². The smallest absolute Gasteiger partial charge is 0.276 e. The van der Waals surface area contributed by atoms with Crippen LogP contribution in [0.5, 0.6) is 0 Å². The Balaban J connectivity index is 1.89. The fraction of sp³-hybridized carbons (Fsp3) is 0.533. The highest BCUT2D eigenvalue weighted by atomic mass is 16.5. The largest absolute Gasteiger partial charge is 0.382 e. The average Bonchev–Trinajstić information content (AvgIpc) is 2.93. The Bertz CT molecular complexity index is 682. The molecule has 1 saturated heterocycles. The first-order valence-electron chi connectivity index (χ1n) is 7.24. The fourth-order valence-electron chi connectivity index (χ4n) is 2.88. The summed E-state index contributed by atoms with van der Waals surface area (Å²) in [5.41, 5.74) is 0.513. The lowest BCUT2D eigenvalue weighted by Crippen LogP contribution is -2.55. The Labute approximate surface area is 128 Å². The van der Waals surface area contributed by atoms with Crippen molar-refractivity contribution >= 4 is 11.6 Å². The molecule has 2 aromatic heterocycles. The van der Waals surface area contributed by atoms with Gasteiger partial charge >= 0.3 is 0 Å². The van der Waals surface area contributed by atoms with Crippen molar-refractivity contribution in [2.24, 2.45) is 0 Å². The molecular weight excluding hydrogens is 284 g/mol. The first kappa shape index (κ1) is 14.9. The second-order valence-corrected chi connectivity index (χ2v) is 6.07. The summed E-state index contributed by atoms with van der Waals surface area (Å²) in [6, 6.07) is 0. The number of nitrogens with zero attached hydrogens (tertiary/aromatic N) is 4. The Kier molecular flexibility index (Phi) is 3.84. The number of amides is 1.